The Hall–Kier alpha value is -3.16. The molecule has 0 spiro atoms. The van der Waals surface area contributed by atoms with Gasteiger partial charge in [0.15, 0.2) is 5.82 Å². The summed E-state index contributed by atoms with van der Waals surface area (Å²) in [5, 5.41) is 18.2. The molecule has 0 aliphatic heterocycles. The summed E-state index contributed by atoms with van der Waals surface area (Å²) in [4.78, 5) is 35.4. The van der Waals surface area contributed by atoms with Gasteiger partial charge in [-0.25, -0.2) is 0 Å². The van der Waals surface area contributed by atoms with Crippen molar-refractivity contribution in [2.24, 2.45) is 5.92 Å². The maximum absolute atomic E-state index is 12.4. The zero-order chi connectivity index (χ0) is 19.2. The Morgan fingerprint density at radius 2 is 1.89 bits per heavy atom. The number of amides is 2. The summed E-state index contributed by atoms with van der Waals surface area (Å²) in [5.41, 5.74) is 0.957. The van der Waals surface area contributed by atoms with Crippen LogP contribution in [0.1, 0.15) is 42.5 Å². The first-order valence-electron chi connectivity index (χ1n) is 8.99. The van der Waals surface area contributed by atoms with Crippen molar-refractivity contribution in [2.75, 3.05) is 10.6 Å². The Kier molecular flexibility index (Phi) is 5.85. The summed E-state index contributed by atoms with van der Waals surface area (Å²) in [7, 11) is 0. The highest BCUT2D eigenvalue weighted by atomic mass is 16.4. The highest BCUT2D eigenvalue weighted by molar-refractivity contribution is 6.05. The van der Waals surface area contributed by atoms with Crippen LogP contribution in [-0.2, 0) is 16.1 Å². The Morgan fingerprint density at radius 1 is 1.11 bits per heavy atom. The molecule has 1 aromatic heterocycles. The number of carboxylic acids is 1. The molecule has 3 N–H and O–H groups in total. The normalized spacial score (nSPS) is 14.5. The number of anilines is 2. The molecule has 1 aliphatic rings. The third-order valence-corrected chi connectivity index (χ3v) is 4.55. The van der Waals surface area contributed by atoms with Crippen molar-refractivity contribution in [1.82, 2.24) is 9.78 Å². The molecule has 8 nitrogen and oxygen atoms in total. The van der Waals surface area contributed by atoms with Crippen LogP contribution >= 0.6 is 0 Å². The molecule has 2 amide bonds. The molecule has 0 atom stereocenters. The number of aromatic nitrogens is 2. The van der Waals surface area contributed by atoms with Gasteiger partial charge in [-0.05, 0) is 31.0 Å². The number of carbonyl (C=O) groups is 3. The highest BCUT2D eigenvalue weighted by Gasteiger charge is 2.21. The molecule has 0 radical (unpaired) electrons. The standard InChI is InChI=1S/C19H22N4O4/c24-17(25)12-23-10-9-16(22-23)21-19(27)14-7-4-8-15(11-14)20-18(26)13-5-2-1-3-6-13/h4,7-11,13H,1-3,5-6,12H2,(H,20,26)(H,24,25)(H,21,22,27). The molecule has 0 unspecified atom stereocenters. The minimum Gasteiger partial charge on any atom is -0.480 e. The number of nitrogens with one attached hydrogen (secondary N) is 2. The summed E-state index contributed by atoms with van der Waals surface area (Å²) in [5.74, 6) is -1.10. The third-order valence-electron chi connectivity index (χ3n) is 4.55. The van der Waals surface area contributed by atoms with E-state index in [4.69, 9.17) is 5.11 Å². The van der Waals surface area contributed by atoms with Crippen LogP contribution in [0.5, 0.6) is 0 Å². The zero-order valence-corrected chi connectivity index (χ0v) is 14.9. The highest BCUT2D eigenvalue weighted by Crippen LogP contribution is 2.25. The molecule has 1 fully saturated rings. The summed E-state index contributed by atoms with van der Waals surface area (Å²) in [6, 6.07) is 8.23. The molecule has 0 saturated heterocycles. The van der Waals surface area contributed by atoms with Crippen LogP contribution in [0.2, 0.25) is 0 Å². The SMILES string of the molecule is O=C(O)Cn1ccc(NC(=O)c2cccc(NC(=O)C3CCCCC3)c2)n1. The number of carbonyl (C=O) groups excluding carboxylic acids is 2. The van der Waals surface area contributed by atoms with Gasteiger partial charge >= 0.3 is 5.97 Å². The molecule has 2 aromatic rings. The maximum Gasteiger partial charge on any atom is 0.325 e. The lowest BCUT2D eigenvalue weighted by Gasteiger charge is -2.20. The van der Waals surface area contributed by atoms with Gasteiger partial charge in [-0.1, -0.05) is 25.3 Å². The Morgan fingerprint density at radius 3 is 2.63 bits per heavy atom. The lowest BCUT2D eigenvalue weighted by atomic mass is 9.88. The summed E-state index contributed by atoms with van der Waals surface area (Å²) in [6.45, 7) is -0.279. The van der Waals surface area contributed by atoms with Crippen molar-refractivity contribution in [3.8, 4) is 0 Å². The van der Waals surface area contributed by atoms with E-state index in [9.17, 15) is 14.4 Å². The minimum absolute atomic E-state index is 0.000304. The van der Waals surface area contributed by atoms with Gasteiger partial charge in [-0.15, -0.1) is 0 Å². The van der Waals surface area contributed by atoms with Crippen molar-refractivity contribution < 1.29 is 19.5 Å². The topological polar surface area (TPSA) is 113 Å². The van der Waals surface area contributed by atoms with Crippen LogP contribution in [0.15, 0.2) is 36.5 Å². The first-order chi connectivity index (χ1) is 13.0. The molecule has 142 valence electrons. The average Bonchev–Trinajstić information content (AvgIpc) is 3.08. The first-order valence-corrected chi connectivity index (χ1v) is 8.99. The van der Waals surface area contributed by atoms with Crippen molar-refractivity contribution >= 4 is 29.3 Å². The van der Waals surface area contributed by atoms with Gasteiger partial charge in [-0.2, -0.15) is 5.10 Å². The fraction of sp³-hybridized carbons (Fsp3) is 0.368. The lowest BCUT2D eigenvalue weighted by Crippen LogP contribution is -2.24. The van der Waals surface area contributed by atoms with Gasteiger partial charge in [0, 0.05) is 29.4 Å². The van der Waals surface area contributed by atoms with Crippen molar-refractivity contribution in [2.45, 2.75) is 38.6 Å². The fourth-order valence-corrected chi connectivity index (χ4v) is 3.19. The van der Waals surface area contributed by atoms with Gasteiger partial charge in [0.05, 0.1) is 0 Å². The number of hydrogen-bond acceptors (Lipinski definition) is 4. The van der Waals surface area contributed by atoms with Crippen LogP contribution < -0.4 is 10.6 Å². The number of aliphatic carboxylic acids is 1. The van der Waals surface area contributed by atoms with Gasteiger partial charge < -0.3 is 15.7 Å². The van der Waals surface area contributed by atoms with E-state index in [0.717, 1.165) is 25.7 Å². The second kappa shape index (κ2) is 8.48. The second-order valence-corrected chi connectivity index (χ2v) is 6.65. The second-order valence-electron chi connectivity index (χ2n) is 6.65. The van der Waals surface area contributed by atoms with Gasteiger partial charge in [0.1, 0.15) is 6.54 Å². The van der Waals surface area contributed by atoms with E-state index in [-0.39, 0.29) is 30.1 Å². The van der Waals surface area contributed by atoms with Crippen molar-refractivity contribution in [3.63, 3.8) is 0 Å². The number of rotatable bonds is 6. The van der Waals surface area contributed by atoms with Crippen LogP contribution in [0.3, 0.4) is 0 Å². The van der Waals surface area contributed by atoms with Gasteiger partial charge in [0.25, 0.3) is 5.91 Å². The van der Waals surface area contributed by atoms with Gasteiger partial charge in [0.2, 0.25) is 5.91 Å². The van der Waals surface area contributed by atoms with E-state index in [2.05, 4.69) is 15.7 Å². The predicted molar refractivity (Wildman–Crippen MR) is 99.5 cm³/mol. The number of benzene rings is 1. The quantitative estimate of drug-likeness (QED) is 0.723. The summed E-state index contributed by atoms with van der Waals surface area (Å²) in [6.07, 6.45) is 6.63. The van der Waals surface area contributed by atoms with E-state index in [1.807, 2.05) is 0 Å². The fourth-order valence-electron chi connectivity index (χ4n) is 3.19. The lowest BCUT2D eigenvalue weighted by molar-refractivity contribution is -0.137. The monoisotopic (exact) mass is 370 g/mol. The average molecular weight is 370 g/mol. The van der Waals surface area contributed by atoms with Crippen molar-refractivity contribution in [3.05, 3.63) is 42.1 Å². The number of nitrogens with zero attached hydrogens (tertiary/aromatic N) is 2. The molecule has 1 aromatic carbocycles. The molecule has 1 saturated carbocycles. The van der Waals surface area contributed by atoms with Crippen molar-refractivity contribution in [1.29, 1.82) is 0 Å². The summed E-state index contributed by atoms with van der Waals surface area (Å²) < 4.78 is 1.22. The van der Waals surface area contributed by atoms with E-state index >= 15 is 0 Å². The number of carboxylic acid groups (broad SMARTS) is 1. The van der Waals surface area contributed by atoms with Crippen LogP contribution in [0.4, 0.5) is 11.5 Å². The van der Waals surface area contributed by atoms with E-state index in [0.29, 0.717) is 11.3 Å². The molecular weight excluding hydrogens is 348 g/mol. The molecule has 3 rings (SSSR count). The van der Waals surface area contributed by atoms with Gasteiger partial charge in [-0.3, -0.25) is 19.1 Å². The Balaban J connectivity index is 1.62. The van der Waals surface area contributed by atoms with E-state index in [1.165, 1.54) is 23.4 Å². The largest absolute Gasteiger partial charge is 0.480 e. The first kappa shape index (κ1) is 18.6. The summed E-state index contributed by atoms with van der Waals surface area (Å²) >= 11 is 0. The predicted octanol–water partition coefficient (Wildman–Crippen LogP) is 2.74. The molecule has 8 heteroatoms. The smallest absolute Gasteiger partial charge is 0.325 e. The zero-order valence-electron chi connectivity index (χ0n) is 14.9. The molecular formula is C19H22N4O4. The van der Waals surface area contributed by atoms with Crippen LogP contribution in [-0.4, -0.2) is 32.7 Å². The minimum atomic E-state index is -1.02. The van der Waals surface area contributed by atoms with Crippen LogP contribution in [0.25, 0.3) is 0 Å². The molecule has 1 aliphatic carbocycles. The Labute approximate surface area is 156 Å². The molecule has 1 heterocycles. The Bertz CT molecular complexity index is 840. The van der Waals surface area contributed by atoms with E-state index < -0.39 is 5.97 Å². The van der Waals surface area contributed by atoms with Crippen LogP contribution in [0, 0.1) is 5.92 Å². The molecule has 27 heavy (non-hydrogen) atoms. The van der Waals surface area contributed by atoms with E-state index in [1.54, 1.807) is 24.3 Å². The third kappa shape index (κ3) is 5.16. The maximum atomic E-state index is 12.4. The number of hydrogen-bond donors (Lipinski definition) is 3. The molecule has 0 bridgehead atoms.